The molecule has 2 N–H and O–H groups in total. The molecule has 3 heteroatoms. The summed E-state index contributed by atoms with van der Waals surface area (Å²) in [5.41, 5.74) is 5.34. The monoisotopic (exact) mass is 177 g/mol. The van der Waals surface area contributed by atoms with Gasteiger partial charge in [0.1, 0.15) is 0 Å². The summed E-state index contributed by atoms with van der Waals surface area (Å²) in [4.78, 5) is 0. The number of hydrogen-bond acceptors (Lipinski definition) is 3. The van der Waals surface area contributed by atoms with Crippen LogP contribution in [0.2, 0.25) is 0 Å². The highest BCUT2D eigenvalue weighted by molar-refractivity contribution is 7.99. The van der Waals surface area contributed by atoms with Crippen molar-refractivity contribution in [1.29, 1.82) is 0 Å². The summed E-state index contributed by atoms with van der Waals surface area (Å²) in [5, 5.41) is 0. The van der Waals surface area contributed by atoms with Crippen molar-refractivity contribution in [3.05, 3.63) is 0 Å². The van der Waals surface area contributed by atoms with Crippen molar-refractivity contribution in [2.45, 2.75) is 26.4 Å². The van der Waals surface area contributed by atoms with E-state index in [4.69, 9.17) is 10.5 Å². The summed E-state index contributed by atoms with van der Waals surface area (Å²) in [6, 6.07) is 0. The second kappa shape index (κ2) is 8.37. The van der Waals surface area contributed by atoms with E-state index in [-0.39, 0.29) is 0 Å². The lowest BCUT2D eigenvalue weighted by Gasteiger charge is -2.06. The molecule has 0 saturated carbocycles. The SMILES string of the molecule is CC(C)OCCCSCCN. The van der Waals surface area contributed by atoms with Crippen molar-refractivity contribution in [2.24, 2.45) is 5.73 Å². The minimum absolute atomic E-state index is 0.370. The quantitative estimate of drug-likeness (QED) is 0.598. The summed E-state index contributed by atoms with van der Waals surface area (Å²) in [6.07, 6.45) is 1.51. The Morgan fingerprint density at radius 3 is 2.64 bits per heavy atom. The van der Waals surface area contributed by atoms with E-state index < -0.39 is 0 Å². The van der Waals surface area contributed by atoms with Crippen molar-refractivity contribution in [1.82, 2.24) is 0 Å². The number of ether oxygens (including phenoxy) is 1. The first kappa shape index (κ1) is 11.3. The van der Waals surface area contributed by atoms with E-state index in [9.17, 15) is 0 Å². The van der Waals surface area contributed by atoms with Gasteiger partial charge in [0.25, 0.3) is 0 Å². The predicted molar refractivity (Wildman–Crippen MR) is 52.1 cm³/mol. The van der Waals surface area contributed by atoms with Crippen LogP contribution < -0.4 is 5.73 Å². The zero-order valence-corrected chi connectivity index (χ0v) is 8.32. The number of rotatable bonds is 7. The molecule has 2 nitrogen and oxygen atoms in total. The molecule has 0 rings (SSSR count). The minimum Gasteiger partial charge on any atom is -0.379 e. The topological polar surface area (TPSA) is 35.2 Å². The third-order valence-corrected chi connectivity index (χ3v) is 2.25. The molecule has 0 spiro atoms. The van der Waals surface area contributed by atoms with Crippen LogP contribution in [0.25, 0.3) is 0 Å². The number of nitrogens with two attached hydrogens (primary N) is 1. The third-order valence-electron chi connectivity index (χ3n) is 1.15. The standard InChI is InChI=1S/C8H19NOS/c1-8(2)10-5-3-6-11-7-4-9/h8H,3-7,9H2,1-2H3. The van der Waals surface area contributed by atoms with E-state index in [1.54, 1.807) is 0 Å². The molecule has 0 radical (unpaired) electrons. The van der Waals surface area contributed by atoms with Gasteiger partial charge in [-0.2, -0.15) is 11.8 Å². The smallest absolute Gasteiger partial charge is 0.0518 e. The molecule has 0 atom stereocenters. The summed E-state index contributed by atoms with van der Waals surface area (Å²) in [6.45, 7) is 5.80. The first-order valence-corrected chi connectivity index (χ1v) is 5.32. The van der Waals surface area contributed by atoms with Crippen LogP contribution >= 0.6 is 11.8 Å². The molecule has 11 heavy (non-hydrogen) atoms. The highest BCUT2D eigenvalue weighted by Gasteiger charge is 1.92. The fourth-order valence-electron chi connectivity index (χ4n) is 0.665. The molecule has 0 bridgehead atoms. The molecule has 0 heterocycles. The van der Waals surface area contributed by atoms with Crippen molar-refractivity contribution in [3.8, 4) is 0 Å². The van der Waals surface area contributed by atoms with E-state index in [2.05, 4.69) is 13.8 Å². The Morgan fingerprint density at radius 2 is 2.09 bits per heavy atom. The van der Waals surface area contributed by atoms with Crippen LogP contribution in [-0.4, -0.2) is 30.8 Å². The number of thioether (sulfide) groups is 1. The maximum Gasteiger partial charge on any atom is 0.0518 e. The molecular weight excluding hydrogens is 158 g/mol. The van der Waals surface area contributed by atoms with Crippen molar-refractivity contribution in [3.63, 3.8) is 0 Å². The molecule has 0 aromatic carbocycles. The average Bonchev–Trinajstić information content (AvgIpc) is 1.96. The lowest BCUT2D eigenvalue weighted by Crippen LogP contribution is -2.06. The van der Waals surface area contributed by atoms with Crippen LogP contribution in [0, 0.1) is 0 Å². The largest absolute Gasteiger partial charge is 0.379 e. The zero-order valence-electron chi connectivity index (χ0n) is 7.51. The zero-order chi connectivity index (χ0) is 8.53. The second-order valence-corrected chi connectivity index (χ2v) is 3.90. The Bertz CT molecular complexity index is 78.5. The lowest BCUT2D eigenvalue weighted by molar-refractivity contribution is 0.0800. The van der Waals surface area contributed by atoms with E-state index in [1.807, 2.05) is 11.8 Å². The lowest BCUT2D eigenvalue weighted by atomic mass is 10.4. The first-order chi connectivity index (χ1) is 5.27. The van der Waals surface area contributed by atoms with Gasteiger partial charge in [0.15, 0.2) is 0 Å². The molecule has 0 saturated heterocycles. The van der Waals surface area contributed by atoms with Gasteiger partial charge in [0, 0.05) is 18.9 Å². The molecule has 0 aliphatic rings. The average molecular weight is 177 g/mol. The summed E-state index contributed by atoms with van der Waals surface area (Å²) in [5.74, 6) is 2.24. The Morgan fingerprint density at radius 1 is 1.36 bits per heavy atom. The molecule has 0 aliphatic heterocycles. The van der Waals surface area contributed by atoms with Gasteiger partial charge in [-0.3, -0.25) is 0 Å². The predicted octanol–water partition coefficient (Wildman–Crippen LogP) is 1.49. The fourth-order valence-corrected chi connectivity index (χ4v) is 1.36. The van der Waals surface area contributed by atoms with Crippen molar-refractivity contribution < 1.29 is 4.74 Å². The van der Waals surface area contributed by atoms with Crippen LogP contribution in [-0.2, 0) is 4.74 Å². The van der Waals surface area contributed by atoms with E-state index >= 15 is 0 Å². The second-order valence-electron chi connectivity index (χ2n) is 2.67. The fraction of sp³-hybridized carbons (Fsp3) is 1.00. The molecular formula is C8H19NOS. The molecule has 0 unspecified atom stereocenters. The van der Waals surface area contributed by atoms with E-state index in [1.165, 1.54) is 5.75 Å². The Balaban J connectivity index is 2.80. The number of hydrogen-bond donors (Lipinski definition) is 1. The van der Waals surface area contributed by atoms with E-state index in [0.717, 1.165) is 25.3 Å². The maximum absolute atomic E-state index is 5.38. The van der Waals surface area contributed by atoms with Gasteiger partial charge < -0.3 is 10.5 Å². The van der Waals surface area contributed by atoms with Crippen LogP contribution in [0.1, 0.15) is 20.3 Å². The molecule has 68 valence electrons. The molecule has 0 fully saturated rings. The van der Waals surface area contributed by atoms with Crippen molar-refractivity contribution >= 4 is 11.8 Å². The molecule has 0 aliphatic carbocycles. The van der Waals surface area contributed by atoms with Crippen LogP contribution in [0.5, 0.6) is 0 Å². The Hall–Kier alpha value is 0.270. The van der Waals surface area contributed by atoms with Gasteiger partial charge in [0.2, 0.25) is 0 Å². The van der Waals surface area contributed by atoms with Gasteiger partial charge in [-0.25, -0.2) is 0 Å². The van der Waals surface area contributed by atoms with Crippen molar-refractivity contribution in [2.75, 3.05) is 24.7 Å². The normalized spacial score (nSPS) is 10.9. The Kier molecular flexibility index (Phi) is 8.57. The third kappa shape index (κ3) is 10.3. The van der Waals surface area contributed by atoms with Gasteiger partial charge in [-0.1, -0.05) is 0 Å². The molecule has 0 amide bonds. The minimum atomic E-state index is 0.370. The van der Waals surface area contributed by atoms with Gasteiger partial charge in [-0.15, -0.1) is 0 Å². The molecule has 0 aromatic heterocycles. The highest BCUT2D eigenvalue weighted by atomic mass is 32.2. The van der Waals surface area contributed by atoms with Gasteiger partial charge >= 0.3 is 0 Å². The van der Waals surface area contributed by atoms with E-state index in [0.29, 0.717) is 6.10 Å². The Labute approximate surface area is 73.9 Å². The maximum atomic E-state index is 5.38. The van der Waals surface area contributed by atoms with Gasteiger partial charge in [0.05, 0.1) is 6.10 Å². The van der Waals surface area contributed by atoms with Crippen LogP contribution in [0.4, 0.5) is 0 Å². The van der Waals surface area contributed by atoms with Crippen LogP contribution in [0.3, 0.4) is 0 Å². The summed E-state index contributed by atoms with van der Waals surface area (Å²) in [7, 11) is 0. The first-order valence-electron chi connectivity index (χ1n) is 4.16. The summed E-state index contributed by atoms with van der Waals surface area (Å²) >= 11 is 1.90. The van der Waals surface area contributed by atoms with Gasteiger partial charge in [-0.05, 0) is 26.0 Å². The summed E-state index contributed by atoms with van der Waals surface area (Å²) < 4.78 is 5.38. The highest BCUT2D eigenvalue weighted by Crippen LogP contribution is 2.01. The van der Waals surface area contributed by atoms with Crippen LogP contribution in [0.15, 0.2) is 0 Å². The molecule has 0 aromatic rings.